The molecule has 21 heavy (non-hydrogen) atoms. The quantitative estimate of drug-likeness (QED) is 0.859. The molecule has 0 spiro atoms. The summed E-state index contributed by atoms with van der Waals surface area (Å²) in [5.41, 5.74) is -0.493. The Bertz CT molecular complexity index is 631. The molecule has 0 amide bonds. The molecule has 1 saturated carbocycles. The fourth-order valence-electron chi connectivity index (χ4n) is 2.65. The molecule has 1 fully saturated rings. The molecule has 0 aliphatic heterocycles. The van der Waals surface area contributed by atoms with Crippen molar-refractivity contribution in [2.24, 2.45) is 0 Å². The van der Waals surface area contributed by atoms with Crippen LogP contribution in [0.4, 0.5) is 18.9 Å². The van der Waals surface area contributed by atoms with Crippen LogP contribution >= 0.6 is 15.9 Å². The third kappa shape index (κ3) is 3.91. The highest BCUT2D eigenvalue weighted by molar-refractivity contribution is 9.10. The molecule has 1 aromatic rings. The lowest BCUT2D eigenvalue weighted by atomic mass is 10.1. The van der Waals surface area contributed by atoms with Gasteiger partial charge >= 0.3 is 6.18 Å². The van der Waals surface area contributed by atoms with Crippen LogP contribution in [0.3, 0.4) is 0 Å². The van der Waals surface area contributed by atoms with Crippen LogP contribution < -0.4 is 5.32 Å². The topological polar surface area (TPSA) is 46.2 Å². The van der Waals surface area contributed by atoms with E-state index < -0.39 is 26.8 Å². The number of anilines is 1. The maximum atomic E-state index is 12.9. The number of rotatable bonds is 3. The summed E-state index contributed by atoms with van der Waals surface area (Å²) in [6.45, 7) is 0. The molecule has 0 aromatic heterocycles. The highest BCUT2D eigenvalue weighted by Gasteiger charge is 2.36. The Kier molecular flexibility index (Phi) is 4.58. The zero-order valence-electron chi connectivity index (χ0n) is 11.2. The zero-order chi connectivity index (χ0) is 15.8. The van der Waals surface area contributed by atoms with Crippen molar-refractivity contribution >= 4 is 31.5 Å². The number of hydrogen-bond donors (Lipinski definition) is 1. The van der Waals surface area contributed by atoms with Gasteiger partial charge in [0.2, 0.25) is 0 Å². The second kappa shape index (κ2) is 5.79. The van der Waals surface area contributed by atoms with Gasteiger partial charge < -0.3 is 5.32 Å². The molecule has 2 rings (SSSR count). The summed E-state index contributed by atoms with van der Waals surface area (Å²) in [6, 6.07) is 3.48. The van der Waals surface area contributed by atoms with Crippen molar-refractivity contribution in [3.8, 4) is 0 Å². The van der Waals surface area contributed by atoms with Crippen molar-refractivity contribution in [3.63, 3.8) is 0 Å². The SMILES string of the molecule is CS(=O)(=O)C1CCCC1Nc1ccc(Br)c(C(F)(F)F)c1. The van der Waals surface area contributed by atoms with Crippen LogP contribution in [0.25, 0.3) is 0 Å². The molecule has 2 atom stereocenters. The Morgan fingerprint density at radius 1 is 1.29 bits per heavy atom. The van der Waals surface area contributed by atoms with Crippen LogP contribution in [-0.4, -0.2) is 26.0 Å². The molecule has 0 bridgehead atoms. The summed E-state index contributed by atoms with van der Waals surface area (Å²) in [6.07, 6.45) is -1.37. The number of hydrogen-bond acceptors (Lipinski definition) is 3. The van der Waals surface area contributed by atoms with Gasteiger partial charge in [-0.1, -0.05) is 15.9 Å². The first-order valence-corrected chi connectivity index (χ1v) is 9.16. The molecule has 2 unspecified atom stereocenters. The number of sulfone groups is 1. The summed E-state index contributed by atoms with van der Waals surface area (Å²) in [5, 5.41) is 2.39. The summed E-state index contributed by atoms with van der Waals surface area (Å²) in [4.78, 5) is 0. The minimum absolute atomic E-state index is 0.0355. The van der Waals surface area contributed by atoms with E-state index in [9.17, 15) is 21.6 Å². The number of alkyl halides is 3. The number of benzene rings is 1. The van der Waals surface area contributed by atoms with Crippen LogP contribution in [0.1, 0.15) is 24.8 Å². The molecule has 1 N–H and O–H groups in total. The molecular weight excluding hydrogens is 371 g/mol. The molecule has 0 saturated heterocycles. The van der Waals surface area contributed by atoms with Crippen LogP contribution in [-0.2, 0) is 16.0 Å². The number of nitrogens with one attached hydrogen (secondary N) is 1. The summed E-state index contributed by atoms with van der Waals surface area (Å²) >= 11 is 2.88. The summed E-state index contributed by atoms with van der Waals surface area (Å²) in [7, 11) is -3.21. The standard InChI is InChI=1S/C13H15BrF3NO2S/c1-21(19,20)12-4-2-3-11(12)18-8-5-6-10(14)9(7-8)13(15,16)17/h5-7,11-12,18H,2-4H2,1H3. The molecule has 0 radical (unpaired) electrons. The first-order chi connectivity index (χ1) is 9.59. The molecule has 118 valence electrons. The van der Waals surface area contributed by atoms with Gasteiger partial charge in [-0.2, -0.15) is 13.2 Å². The lowest BCUT2D eigenvalue weighted by Crippen LogP contribution is -2.34. The lowest BCUT2D eigenvalue weighted by Gasteiger charge is -2.21. The molecule has 8 heteroatoms. The maximum absolute atomic E-state index is 12.9. The van der Waals surface area contributed by atoms with Gasteiger partial charge in [-0.3, -0.25) is 0 Å². The maximum Gasteiger partial charge on any atom is 0.417 e. The molecule has 1 aliphatic carbocycles. The van der Waals surface area contributed by atoms with Gasteiger partial charge in [-0.25, -0.2) is 8.42 Å². The third-order valence-electron chi connectivity index (χ3n) is 3.63. The Morgan fingerprint density at radius 3 is 2.52 bits per heavy atom. The molecule has 0 heterocycles. The van der Waals surface area contributed by atoms with Gasteiger partial charge in [0.25, 0.3) is 0 Å². The zero-order valence-corrected chi connectivity index (χ0v) is 13.6. The Morgan fingerprint density at radius 2 is 1.95 bits per heavy atom. The molecule has 1 aliphatic rings. The van der Waals surface area contributed by atoms with E-state index in [4.69, 9.17) is 0 Å². The van der Waals surface area contributed by atoms with Crippen molar-refractivity contribution in [3.05, 3.63) is 28.2 Å². The van der Waals surface area contributed by atoms with E-state index in [0.29, 0.717) is 12.8 Å². The first kappa shape index (κ1) is 16.6. The Hall–Kier alpha value is -0.760. The summed E-state index contributed by atoms with van der Waals surface area (Å²) in [5.74, 6) is 0. The smallest absolute Gasteiger partial charge is 0.381 e. The highest BCUT2D eigenvalue weighted by atomic mass is 79.9. The van der Waals surface area contributed by atoms with Crippen LogP contribution in [0.2, 0.25) is 0 Å². The second-order valence-electron chi connectivity index (χ2n) is 5.24. The minimum Gasteiger partial charge on any atom is -0.381 e. The second-order valence-corrected chi connectivity index (χ2v) is 8.36. The van der Waals surface area contributed by atoms with Crippen molar-refractivity contribution < 1.29 is 21.6 Å². The monoisotopic (exact) mass is 385 g/mol. The van der Waals surface area contributed by atoms with E-state index in [2.05, 4.69) is 21.2 Å². The third-order valence-corrected chi connectivity index (χ3v) is 5.98. The predicted molar refractivity (Wildman–Crippen MR) is 79.0 cm³/mol. The van der Waals surface area contributed by atoms with Crippen molar-refractivity contribution in [1.82, 2.24) is 0 Å². The average Bonchev–Trinajstić information content (AvgIpc) is 2.78. The van der Waals surface area contributed by atoms with E-state index in [1.54, 1.807) is 0 Å². The summed E-state index contributed by atoms with van der Waals surface area (Å²) < 4.78 is 61.9. The van der Waals surface area contributed by atoms with Gasteiger partial charge in [-0.05, 0) is 37.5 Å². The van der Waals surface area contributed by atoms with E-state index in [-0.39, 0.29) is 16.2 Å². The average molecular weight is 386 g/mol. The van der Waals surface area contributed by atoms with Gasteiger partial charge in [0.1, 0.15) is 0 Å². The Balaban J connectivity index is 2.24. The van der Waals surface area contributed by atoms with Crippen LogP contribution in [0, 0.1) is 0 Å². The highest BCUT2D eigenvalue weighted by Crippen LogP contribution is 2.37. The fraction of sp³-hybridized carbons (Fsp3) is 0.538. The van der Waals surface area contributed by atoms with Crippen molar-refractivity contribution in [2.75, 3.05) is 11.6 Å². The van der Waals surface area contributed by atoms with E-state index >= 15 is 0 Å². The molecule has 1 aromatic carbocycles. The van der Waals surface area contributed by atoms with E-state index in [0.717, 1.165) is 12.5 Å². The van der Waals surface area contributed by atoms with Crippen molar-refractivity contribution in [1.29, 1.82) is 0 Å². The fourth-order valence-corrected chi connectivity index (χ4v) is 4.52. The van der Waals surface area contributed by atoms with Gasteiger partial charge in [-0.15, -0.1) is 0 Å². The molecular formula is C13H15BrF3NO2S. The van der Waals surface area contributed by atoms with Gasteiger partial charge in [0.15, 0.2) is 9.84 Å². The molecule has 3 nitrogen and oxygen atoms in total. The van der Waals surface area contributed by atoms with E-state index in [1.165, 1.54) is 18.4 Å². The first-order valence-electron chi connectivity index (χ1n) is 6.41. The van der Waals surface area contributed by atoms with Gasteiger partial charge in [0, 0.05) is 22.5 Å². The predicted octanol–water partition coefficient (Wildman–Crippen LogP) is 3.85. The van der Waals surface area contributed by atoms with Crippen molar-refractivity contribution in [2.45, 2.75) is 36.7 Å². The normalized spacial score (nSPS) is 23.3. The van der Waals surface area contributed by atoms with E-state index in [1.807, 2.05) is 0 Å². The lowest BCUT2D eigenvalue weighted by molar-refractivity contribution is -0.138. The minimum atomic E-state index is -4.46. The number of halogens is 4. The van der Waals surface area contributed by atoms with Crippen LogP contribution in [0.15, 0.2) is 22.7 Å². The van der Waals surface area contributed by atoms with Gasteiger partial charge in [0.05, 0.1) is 10.8 Å². The Labute approximate surface area is 130 Å². The van der Waals surface area contributed by atoms with Crippen LogP contribution in [0.5, 0.6) is 0 Å². The largest absolute Gasteiger partial charge is 0.417 e.